The van der Waals surface area contributed by atoms with Crippen molar-refractivity contribution in [2.24, 2.45) is 5.92 Å². The number of likely N-dealkylation sites (tertiary alicyclic amines) is 1. The van der Waals surface area contributed by atoms with Gasteiger partial charge < -0.3 is 10.0 Å². The molecule has 1 saturated carbocycles. The Morgan fingerprint density at radius 3 is 2.35 bits per heavy atom. The van der Waals surface area contributed by atoms with E-state index in [9.17, 15) is 5.11 Å². The summed E-state index contributed by atoms with van der Waals surface area (Å²) >= 11 is 0. The molecule has 1 saturated heterocycles. The Morgan fingerprint density at radius 2 is 1.76 bits per heavy atom. The summed E-state index contributed by atoms with van der Waals surface area (Å²) < 4.78 is 0. The molecule has 1 atom stereocenters. The van der Waals surface area contributed by atoms with Crippen molar-refractivity contribution in [2.75, 3.05) is 19.6 Å². The van der Waals surface area contributed by atoms with Crippen molar-refractivity contribution < 1.29 is 5.11 Å². The Balaban J connectivity index is 1.82. The van der Waals surface area contributed by atoms with Crippen LogP contribution in [0.15, 0.2) is 30.3 Å². The zero-order chi connectivity index (χ0) is 11.7. The van der Waals surface area contributed by atoms with Crippen molar-refractivity contribution in [3.8, 4) is 0 Å². The Kier molecular flexibility index (Phi) is 2.93. The molecule has 17 heavy (non-hydrogen) atoms. The lowest BCUT2D eigenvalue weighted by Crippen LogP contribution is -2.41. The van der Waals surface area contributed by atoms with Crippen molar-refractivity contribution in [1.29, 1.82) is 0 Å². The van der Waals surface area contributed by atoms with Crippen LogP contribution in [0.25, 0.3) is 0 Å². The molecule has 0 amide bonds. The molecule has 0 spiro atoms. The van der Waals surface area contributed by atoms with Gasteiger partial charge in [0.25, 0.3) is 0 Å². The minimum absolute atomic E-state index is 0.477. The third kappa shape index (κ3) is 2.24. The summed E-state index contributed by atoms with van der Waals surface area (Å²) in [6, 6.07) is 10.2. The molecule has 0 bridgehead atoms. The molecule has 1 aromatic rings. The molecule has 1 N–H and O–H groups in total. The molecule has 2 heteroatoms. The maximum atomic E-state index is 11.0. The second-order valence-electron chi connectivity index (χ2n) is 5.55. The highest BCUT2D eigenvalue weighted by Crippen LogP contribution is 2.46. The molecule has 3 rings (SSSR count). The number of hydrogen-bond donors (Lipinski definition) is 1. The van der Waals surface area contributed by atoms with E-state index >= 15 is 0 Å². The number of benzene rings is 1. The monoisotopic (exact) mass is 231 g/mol. The lowest BCUT2D eigenvalue weighted by molar-refractivity contribution is -0.0159. The Labute approximate surface area is 103 Å². The van der Waals surface area contributed by atoms with Crippen LogP contribution in [0.2, 0.25) is 0 Å². The average Bonchev–Trinajstić information content (AvgIpc) is 3.11. The normalized spacial score (nSPS) is 24.8. The zero-order valence-electron chi connectivity index (χ0n) is 10.3. The smallest absolute Gasteiger partial charge is 0.105 e. The first-order chi connectivity index (χ1) is 8.29. The Bertz CT molecular complexity index is 368. The molecule has 92 valence electrons. The molecule has 2 nitrogen and oxygen atoms in total. The predicted molar refractivity (Wildman–Crippen MR) is 68.7 cm³/mol. The van der Waals surface area contributed by atoms with Gasteiger partial charge in [0.15, 0.2) is 0 Å². The molecule has 2 aliphatic rings. The van der Waals surface area contributed by atoms with E-state index in [4.69, 9.17) is 0 Å². The van der Waals surface area contributed by atoms with Crippen LogP contribution in [0, 0.1) is 5.92 Å². The van der Waals surface area contributed by atoms with Gasteiger partial charge in [0, 0.05) is 6.54 Å². The topological polar surface area (TPSA) is 23.5 Å². The van der Waals surface area contributed by atoms with Crippen LogP contribution in [0.1, 0.15) is 31.2 Å². The van der Waals surface area contributed by atoms with Gasteiger partial charge in [-0.1, -0.05) is 30.3 Å². The minimum Gasteiger partial charge on any atom is -0.384 e. The van der Waals surface area contributed by atoms with Gasteiger partial charge in [-0.05, 0) is 50.3 Å². The summed E-state index contributed by atoms with van der Waals surface area (Å²) in [4.78, 5) is 2.42. The van der Waals surface area contributed by atoms with Gasteiger partial charge in [0.1, 0.15) is 5.60 Å². The summed E-state index contributed by atoms with van der Waals surface area (Å²) in [7, 11) is 0. The number of β-amino-alcohol motifs (C(OH)–C–C–N with tert-alkyl or cyclic N) is 1. The molecule has 1 aromatic carbocycles. The van der Waals surface area contributed by atoms with Crippen LogP contribution < -0.4 is 0 Å². The van der Waals surface area contributed by atoms with Crippen LogP contribution in [0.4, 0.5) is 0 Å². The van der Waals surface area contributed by atoms with Gasteiger partial charge in [0.2, 0.25) is 0 Å². The second-order valence-corrected chi connectivity index (χ2v) is 5.55. The molecule has 1 unspecified atom stereocenters. The van der Waals surface area contributed by atoms with E-state index in [0.717, 1.165) is 25.2 Å². The van der Waals surface area contributed by atoms with Gasteiger partial charge in [-0.25, -0.2) is 0 Å². The maximum Gasteiger partial charge on any atom is 0.105 e. The molecule has 1 aliphatic carbocycles. The van der Waals surface area contributed by atoms with Gasteiger partial charge >= 0.3 is 0 Å². The fraction of sp³-hybridized carbons (Fsp3) is 0.600. The van der Waals surface area contributed by atoms with Crippen molar-refractivity contribution in [3.63, 3.8) is 0 Å². The van der Waals surface area contributed by atoms with Crippen molar-refractivity contribution in [3.05, 3.63) is 35.9 Å². The van der Waals surface area contributed by atoms with E-state index in [0.29, 0.717) is 5.92 Å². The fourth-order valence-electron chi connectivity index (χ4n) is 3.03. The molecular formula is C15H21NO. The van der Waals surface area contributed by atoms with Gasteiger partial charge in [0.05, 0.1) is 0 Å². The van der Waals surface area contributed by atoms with Crippen LogP contribution in [0.5, 0.6) is 0 Å². The predicted octanol–water partition coefficient (Wildman–Crippen LogP) is 2.38. The molecular weight excluding hydrogens is 210 g/mol. The van der Waals surface area contributed by atoms with Crippen LogP contribution in [-0.2, 0) is 5.60 Å². The Hall–Kier alpha value is -0.860. The summed E-state index contributed by atoms with van der Waals surface area (Å²) in [5.41, 5.74) is 0.500. The van der Waals surface area contributed by atoms with Gasteiger partial charge in [-0.2, -0.15) is 0 Å². The van der Waals surface area contributed by atoms with Crippen LogP contribution in [0.3, 0.4) is 0 Å². The highest BCUT2D eigenvalue weighted by Gasteiger charge is 2.46. The van der Waals surface area contributed by atoms with Gasteiger partial charge in [-0.3, -0.25) is 0 Å². The van der Waals surface area contributed by atoms with E-state index in [2.05, 4.69) is 17.0 Å². The minimum atomic E-state index is -0.606. The maximum absolute atomic E-state index is 11.0. The van der Waals surface area contributed by atoms with E-state index in [1.807, 2.05) is 18.2 Å². The fourth-order valence-corrected chi connectivity index (χ4v) is 3.03. The van der Waals surface area contributed by atoms with E-state index in [1.165, 1.54) is 25.7 Å². The Morgan fingerprint density at radius 1 is 1.12 bits per heavy atom. The SMILES string of the molecule is OC(CN1CCCC1)(c1ccccc1)C1CC1. The van der Waals surface area contributed by atoms with Crippen molar-refractivity contribution in [1.82, 2.24) is 4.90 Å². The first-order valence-corrected chi connectivity index (χ1v) is 6.79. The molecule has 0 radical (unpaired) electrons. The van der Waals surface area contributed by atoms with Crippen LogP contribution >= 0.6 is 0 Å². The summed E-state index contributed by atoms with van der Waals surface area (Å²) in [5.74, 6) is 0.477. The molecule has 1 heterocycles. The quantitative estimate of drug-likeness (QED) is 0.860. The summed E-state index contributed by atoms with van der Waals surface area (Å²) in [5, 5.41) is 11.0. The van der Waals surface area contributed by atoms with Crippen LogP contribution in [-0.4, -0.2) is 29.6 Å². The first-order valence-electron chi connectivity index (χ1n) is 6.79. The number of rotatable bonds is 4. The van der Waals surface area contributed by atoms with E-state index < -0.39 is 5.60 Å². The number of nitrogens with zero attached hydrogens (tertiary/aromatic N) is 1. The highest BCUT2D eigenvalue weighted by molar-refractivity contribution is 5.25. The molecule has 1 aliphatic heterocycles. The lowest BCUT2D eigenvalue weighted by Gasteiger charge is -2.33. The van der Waals surface area contributed by atoms with Gasteiger partial charge in [-0.15, -0.1) is 0 Å². The standard InChI is InChI=1S/C15H21NO/c17-15(14-8-9-14,12-16-10-4-5-11-16)13-6-2-1-3-7-13/h1-3,6-7,14,17H,4-5,8-12H2. The average molecular weight is 231 g/mol. The third-order valence-corrected chi connectivity index (χ3v) is 4.19. The highest BCUT2D eigenvalue weighted by atomic mass is 16.3. The largest absolute Gasteiger partial charge is 0.384 e. The second kappa shape index (κ2) is 4.43. The third-order valence-electron chi connectivity index (χ3n) is 4.19. The van der Waals surface area contributed by atoms with E-state index in [-0.39, 0.29) is 0 Å². The number of aliphatic hydroxyl groups is 1. The molecule has 0 aromatic heterocycles. The van der Waals surface area contributed by atoms with Crippen molar-refractivity contribution in [2.45, 2.75) is 31.3 Å². The number of hydrogen-bond acceptors (Lipinski definition) is 2. The van der Waals surface area contributed by atoms with Crippen molar-refractivity contribution >= 4 is 0 Å². The zero-order valence-corrected chi connectivity index (χ0v) is 10.3. The first kappa shape index (κ1) is 11.2. The summed E-state index contributed by atoms with van der Waals surface area (Å²) in [6.07, 6.45) is 4.93. The molecule has 2 fully saturated rings. The lowest BCUT2D eigenvalue weighted by atomic mass is 9.88. The van der Waals surface area contributed by atoms with E-state index in [1.54, 1.807) is 0 Å². The summed E-state index contributed by atoms with van der Waals surface area (Å²) in [6.45, 7) is 3.13.